The molecule has 0 saturated carbocycles. The van der Waals surface area contributed by atoms with Gasteiger partial charge in [0.1, 0.15) is 53.2 Å². The molecule has 540 valence electrons. The summed E-state index contributed by atoms with van der Waals surface area (Å²) < 4.78 is 14.9. The Balaban J connectivity index is 0.0000000857. The summed E-state index contributed by atoms with van der Waals surface area (Å²) in [6.45, 7) is 6.51. The molecule has 0 spiro atoms. The van der Waals surface area contributed by atoms with Gasteiger partial charge < -0.3 is 57.8 Å². The predicted octanol–water partition coefficient (Wildman–Crippen LogP) is 21.4. The van der Waals surface area contributed by atoms with Gasteiger partial charge in [-0.3, -0.25) is 9.78 Å². The summed E-state index contributed by atoms with van der Waals surface area (Å²) in [6, 6.07) is 80.1. The molecule has 110 heavy (non-hydrogen) atoms. The van der Waals surface area contributed by atoms with Gasteiger partial charge in [-0.1, -0.05) is 123 Å². The van der Waals surface area contributed by atoms with Crippen molar-refractivity contribution in [2.75, 3.05) is 79.3 Å². The number of ketones is 1. The quantitative estimate of drug-likeness (QED) is 0.144. The van der Waals surface area contributed by atoms with E-state index in [1.165, 1.54) is 149 Å². The molecule has 11 aliphatic rings. The van der Waals surface area contributed by atoms with Gasteiger partial charge in [0.25, 0.3) is 0 Å². The zero-order valence-corrected chi connectivity index (χ0v) is 63.5. The van der Waals surface area contributed by atoms with Crippen molar-refractivity contribution >= 4 is 155 Å². The highest BCUT2D eigenvalue weighted by Gasteiger charge is 2.47. The maximum Gasteiger partial charge on any atom is 0.185 e. The SMILES string of the molecule is CC1=CN2c3ccncc3CC2N1C.CN1c2ccccc2N2c3cc4c(cc3CC12)C(=O)C=CC4(C)C.CN1c2ccccc2N2c3cc4c(cc3CC12)oc1ccccc14.CN1c2ccccc2N2c3ccc4oc5ccccc5c4c3CC12.CN1c2ccccc2N2c3ccc4sc5ccccc5c4c3CC12. The topological polar surface area (TPSA) is 88.6 Å². The summed E-state index contributed by atoms with van der Waals surface area (Å²) in [7, 11) is 10.9. The van der Waals surface area contributed by atoms with Gasteiger partial charge in [-0.15, -0.1) is 11.3 Å². The van der Waals surface area contributed by atoms with Crippen LogP contribution in [0.25, 0.3) is 64.0 Å². The van der Waals surface area contributed by atoms with E-state index < -0.39 is 0 Å². The third-order valence-electron chi connectivity index (χ3n) is 25.6. The zero-order valence-electron chi connectivity index (χ0n) is 62.7. The second kappa shape index (κ2) is 24.0. The van der Waals surface area contributed by atoms with E-state index in [2.05, 4.69) is 322 Å². The minimum Gasteiger partial charge on any atom is -0.456 e. The maximum atomic E-state index is 12.4. The Morgan fingerprint density at radius 2 is 0.873 bits per heavy atom. The van der Waals surface area contributed by atoms with Crippen molar-refractivity contribution in [3.05, 3.63) is 300 Å². The van der Waals surface area contributed by atoms with Crippen molar-refractivity contribution in [2.24, 2.45) is 0 Å². The Morgan fingerprint density at radius 3 is 1.49 bits per heavy atom. The number of carbonyl (C=O) groups excluding carboxylic acids is 1. The third-order valence-corrected chi connectivity index (χ3v) is 26.7. The van der Waals surface area contributed by atoms with Gasteiger partial charge >= 0.3 is 0 Å². The average molecular weight is 1460 g/mol. The first kappa shape index (κ1) is 64.7. The molecule has 5 atom stereocenters. The molecular weight excluding hydrogens is 1380 g/mol. The van der Waals surface area contributed by atoms with Crippen LogP contribution >= 0.6 is 11.3 Å². The van der Waals surface area contributed by atoms with Crippen LogP contribution in [0.3, 0.4) is 0 Å². The number of fused-ring (bicyclic) bond motifs is 35. The monoisotopic (exact) mass is 1460 g/mol. The molecule has 14 nitrogen and oxygen atoms in total. The van der Waals surface area contributed by atoms with Crippen molar-refractivity contribution in [3.8, 4) is 0 Å². The van der Waals surface area contributed by atoms with Gasteiger partial charge in [0.15, 0.2) is 5.78 Å². The molecule has 0 bridgehead atoms. The van der Waals surface area contributed by atoms with Crippen molar-refractivity contribution in [1.82, 2.24) is 9.88 Å². The third kappa shape index (κ3) is 9.39. The van der Waals surface area contributed by atoms with Gasteiger partial charge in [-0.25, -0.2) is 0 Å². The Morgan fingerprint density at radius 1 is 0.391 bits per heavy atom. The minimum absolute atomic E-state index is 0.110. The highest BCUT2D eigenvalue weighted by atomic mass is 32.1. The van der Waals surface area contributed by atoms with Gasteiger partial charge in [-0.05, 0) is 168 Å². The molecule has 0 fully saturated rings. The molecule has 11 aromatic carbocycles. The van der Waals surface area contributed by atoms with E-state index in [0.717, 1.165) is 65.6 Å². The summed E-state index contributed by atoms with van der Waals surface area (Å²) in [5, 5.41) is 7.78. The van der Waals surface area contributed by atoms with Gasteiger partial charge in [0, 0.05) is 173 Å². The largest absolute Gasteiger partial charge is 0.456 e. The Labute approximate surface area is 643 Å². The number of benzene rings is 11. The van der Waals surface area contributed by atoms with Crippen LogP contribution in [0.4, 0.5) is 73.9 Å². The van der Waals surface area contributed by atoms with Crippen LogP contribution in [0.1, 0.15) is 64.5 Å². The Bertz CT molecular complexity index is 6250. The number of thiophene rings is 1. The lowest BCUT2D eigenvalue weighted by atomic mass is 9.76. The van der Waals surface area contributed by atoms with Crippen LogP contribution in [-0.2, 0) is 37.5 Å². The normalized spacial score (nSPS) is 19.8. The van der Waals surface area contributed by atoms with E-state index in [0.29, 0.717) is 30.8 Å². The number of aromatic nitrogens is 1. The summed E-state index contributed by atoms with van der Waals surface area (Å²) >= 11 is 1.91. The molecule has 4 aromatic heterocycles. The molecule has 0 saturated heterocycles. The number of hydrogen-bond acceptors (Lipinski definition) is 15. The van der Waals surface area contributed by atoms with Crippen LogP contribution in [0.15, 0.2) is 270 Å². The van der Waals surface area contributed by atoms with Crippen LogP contribution in [0.5, 0.6) is 0 Å². The van der Waals surface area contributed by atoms with Crippen LogP contribution < -0.4 is 44.1 Å². The average Bonchev–Trinajstić information content (AvgIpc) is 1.58. The summed E-state index contributed by atoms with van der Waals surface area (Å²) in [6.07, 6.45) is 16.9. The predicted molar refractivity (Wildman–Crippen MR) is 453 cm³/mol. The van der Waals surface area contributed by atoms with Crippen LogP contribution in [0, 0.1) is 0 Å². The first-order valence-electron chi connectivity index (χ1n) is 38.5. The first-order chi connectivity index (χ1) is 53.7. The number of pyridine rings is 1. The molecule has 15 heteroatoms. The molecule has 10 aliphatic heterocycles. The van der Waals surface area contributed by atoms with E-state index in [4.69, 9.17) is 8.83 Å². The van der Waals surface area contributed by atoms with E-state index in [-0.39, 0.29) is 11.2 Å². The minimum atomic E-state index is -0.110. The van der Waals surface area contributed by atoms with Crippen LogP contribution in [-0.4, -0.2) is 81.7 Å². The first-order valence-corrected chi connectivity index (χ1v) is 39.3. The van der Waals surface area contributed by atoms with Crippen molar-refractivity contribution in [1.29, 1.82) is 0 Å². The molecular formula is C95H81N11O3S. The highest BCUT2D eigenvalue weighted by molar-refractivity contribution is 7.25. The van der Waals surface area contributed by atoms with E-state index in [1.807, 2.05) is 48.0 Å². The van der Waals surface area contributed by atoms with Crippen molar-refractivity contribution < 1.29 is 13.6 Å². The van der Waals surface area contributed by atoms with E-state index in [1.54, 1.807) is 6.08 Å². The second-order valence-electron chi connectivity index (χ2n) is 31.7. The lowest BCUT2D eigenvalue weighted by Crippen LogP contribution is -2.36. The highest BCUT2D eigenvalue weighted by Crippen LogP contribution is 2.57. The molecule has 1 aliphatic carbocycles. The summed E-state index contributed by atoms with van der Waals surface area (Å²) in [5.41, 5.74) is 31.1. The van der Waals surface area contributed by atoms with Gasteiger partial charge in [0.05, 0.1) is 45.5 Å². The fraction of sp³-hybridized carbons (Fsp3) is 0.200. The molecule has 0 N–H and O–H groups in total. The molecule has 0 radical (unpaired) electrons. The number of furan rings is 2. The molecule has 15 aromatic rings. The lowest BCUT2D eigenvalue weighted by Gasteiger charge is -2.29. The summed E-state index contributed by atoms with van der Waals surface area (Å²) in [4.78, 5) is 40.7. The molecule has 14 heterocycles. The van der Waals surface area contributed by atoms with Crippen LogP contribution in [0.2, 0.25) is 0 Å². The molecule has 26 rings (SSSR count). The fourth-order valence-corrected chi connectivity index (χ4v) is 21.1. The smallest absolute Gasteiger partial charge is 0.185 e. The molecule has 5 unspecified atom stereocenters. The number of hydrogen-bond donors (Lipinski definition) is 0. The van der Waals surface area contributed by atoms with Gasteiger partial charge in [0.2, 0.25) is 0 Å². The van der Waals surface area contributed by atoms with E-state index >= 15 is 0 Å². The van der Waals surface area contributed by atoms with Crippen molar-refractivity contribution in [2.45, 2.75) is 89.1 Å². The number of para-hydroxylation sites is 10. The number of allylic oxidation sites excluding steroid dienone is 3. The van der Waals surface area contributed by atoms with Crippen molar-refractivity contribution in [3.63, 3.8) is 0 Å². The van der Waals surface area contributed by atoms with E-state index in [9.17, 15) is 4.79 Å². The fourth-order valence-electron chi connectivity index (χ4n) is 20.0. The Hall–Kier alpha value is -12.5. The number of nitrogens with zero attached hydrogens (tertiary/aromatic N) is 11. The molecule has 0 amide bonds. The Kier molecular flexibility index (Phi) is 14.1. The second-order valence-corrected chi connectivity index (χ2v) is 32.8. The number of carbonyl (C=O) groups is 1. The number of anilines is 13. The lowest BCUT2D eigenvalue weighted by molar-refractivity contribution is 0.104. The van der Waals surface area contributed by atoms with Gasteiger partial charge in [-0.2, -0.15) is 0 Å². The maximum absolute atomic E-state index is 12.4. The number of rotatable bonds is 0. The zero-order chi connectivity index (χ0) is 73.9. The number of likely N-dealkylation sites (N-methyl/N-ethyl adjacent to an activating group) is 5. The summed E-state index contributed by atoms with van der Waals surface area (Å²) in [5.74, 6) is 0.132. The standard InChI is InChI=1S/2C21H16N2O.C21H20N2O.C21H16N2S.C11H13N3/c1-22-16-7-3-4-8-17(16)23-18-12-15-14-6-2-5-9-19(14)24-20(15)10-13(18)11-21(22)23;1-22-16-7-3-4-8-17(16)23-15-10-11-19-21(14(15)12-20(22)23)13-6-2-5-9-18(13)24-19;1-21(2)9-8-19(24)14-10-13-11-20-22(3)16-6-4-5-7-17(16)23(20)18(13)12-15(14)21;1-22-16-7-3-4-8-17(16)23-15-10-11-19-21(14(15)12-20(22)23)13-6-2-5-9-18(13)24-19;1-8-7-14-10-3-4-12-6-9(10)5-11(14)13(8)2/h2-10,12,21H,11H2,1H3;2-11,20H,12H2,1H3;4-10,12,20H,11H2,1-3H3;2-11,20H,12H2,1H3;3-4,6-7,11H,5H2,1-2H3.